The van der Waals surface area contributed by atoms with Crippen molar-refractivity contribution in [3.63, 3.8) is 0 Å². The standard InChI is InChI=1S/C31H33NO5/c1-21-2-9-25-27-20-36-29-19-23(33)6-10-26(29)31(27)28(37-30(25)18-21)11-5-22-3-7-24(8-4-22)35-17-14-32-12-15-34-16-13-32/h2-4,6-10,18-19,28,33H,5,11-17,20H2,1H3. The molecule has 1 fully saturated rings. The molecule has 3 aliphatic rings. The summed E-state index contributed by atoms with van der Waals surface area (Å²) in [5, 5.41) is 9.99. The van der Waals surface area contributed by atoms with Crippen LogP contribution in [0.15, 0.2) is 60.7 Å². The molecule has 0 aliphatic carbocycles. The summed E-state index contributed by atoms with van der Waals surface area (Å²) in [5.74, 6) is 2.73. The van der Waals surface area contributed by atoms with Gasteiger partial charge < -0.3 is 24.1 Å². The van der Waals surface area contributed by atoms with Gasteiger partial charge >= 0.3 is 0 Å². The second kappa shape index (κ2) is 10.5. The van der Waals surface area contributed by atoms with Crippen LogP contribution in [0.1, 0.15) is 28.7 Å². The van der Waals surface area contributed by atoms with Crippen LogP contribution >= 0.6 is 0 Å². The predicted molar refractivity (Wildman–Crippen MR) is 144 cm³/mol. The van der Waals surface area contributed by atoms with Crippen LogP contribution in [0.5, 0.6) is 23.0 Å². The largest absolute Gasteiger partial charge is 0.508 e. The van der Waals surface area contributed by atoms with Gasteiger partial charge in [0, 0.05) is 48.0 Å². The maximum Gasteiger partial charge on any atom is 0.131 e. The Bertz CT molecular complexity index is 1290. The number of phenols is 1. The minimum atomic E-state index is -0.0964. The van der Waals surface area contributed by atoms with Crippen LogP contribution in [0.4, 0.5) is 0 Å². The van der Waals surface area contributed by atoms with Crippen LogP contribution in [-0.4, -0.2) is 62.2 Å². The summed E-state index contributed by atoms with van der Waals surface area (Å²) in [6, 6.07) is 20.1. The number of aromatic hydroxyl groups is 1. The average Bonchev–Trinajstić information content (AvgIpc) is 2.92. The smallest absolute Gasteiger partial charge is 0.131 e. The normalized spacial score (nSPS) is 18.8. The summed E-state index contributed by atoms with van der Waals surface area (Å²) in [7, 11) is 0. The number of benzene rings is 3. The molecule has 6 rings (SSSR count). The number of rotatable bonds is 7. The number of phenolic OH excluding ortho intramolecular Hbond substituents is 1. The summed E-state index contributed by atoms with van der Waals surface area (Å²) in [4.78, 5) is 2.38. The molecule has 0 amide bonds. The van der Waals surface area contributed by atoms with Crippen molar-refractivity contribution in [1.29, 1.82) is 0 Å². The predicted octanol–water partition coefficient (Wildman–Crippen LogP) is 5.11. The lowest BCUT2D eigenvalue weighted by Gasteiger charge is -2.35. The molecule has 0 spiro atoms. The van der Waals surface area contributed by atoms with Crippen molar-refractivity contribution in [2.75, 3.05) is 46.1 Å². The van der Waals surface area contributed by atoms with Crippen molar-refractivity contribution in [3.8, 4) is 23.0 Å². The Hall–Kier alpha value is -3.48. The molecular formula is C31H33NO5. The molecule has 6 heteroatoms. The first-order valence-corrected chi connectivity index (χ1v) is 13.1. The second-order valence-corrected chi connectivity index (χ2v) is 9.95. The molecule has 0 aromatic heterocycles. The zero-order valence-electron chi connectivity index (χ0n) is 21.2. The number of hydrogen-bond acceptors (Lipinski definition) is 6. The van der Waals surface area contributed by atoms with Crippen LogP contribution in [0.25, 0.3) is 11.1 Å². The average molecular weight is 500 g/mol. The SMILES string of the molecule is Cc1ccc2c(c1)OC(CCc1ccc(OCCN3CCOCC3)cc1)C1=C2COc2cc(O)ccc21. The van der Waals surface area contributed by atoms with E-state index < -0.39 is 0 Å². The van der Waals surface area contributed by atoms with Gasteiger partial charge in [-0.25, -0.2) is 0 Å². The number of aryl methyl sites for hydroxylation is 2. The van der Waals surface area contributed by atoms with E-state index in [-0.39, 0.29) is 11.9 Å². The number of fused-ring (bicyclic) bond motifs is 4. The number of morpholine rings is 1. The number of ether oxygens (including phenoxy) is 4. The Morgan fingerprint density at radius 1 is 0.946 bits per heavy atom. The number of nitrogens with zero attached hydrogens (tertiary/aromatic N) is 1. The molecule has 3 aromatic carbocycles. The van der Waals surface area contributed by atoms with Crippen molar-refractivity contribution < 1.29 is 24.1 Å². The molecule has 6 nitrogen and oxygen atoms in total. The lowest BCUT2D eigenvalue weighted by molar-refractivity contribution is 0.0322. The van der Waals surface area contributed by atoms with Gasteiger partial charge in [-0.05, 0) is 61.2 Å². The maximum absolute atomic E-state index is 9.99. The van der Waals surface area contributed by atoms with E-state index in [1.54, 1.807) is 12.1 Å². The summed E-state index contributed by atoms with van der Waals surface area (Å²) in [6.07, 6.45) is 1.62. The highest BCUT2D eigenvalue weighted by molar-refractivity contribution is 5.99. The van der Waals surface area contributed by atoms with E-state index in [9.17, 15) is 5.11 Å². The molecule has 3 heterocycles. The van der Waals surface area contributed by atoms with Crippen LogP contribution in [0.2, 0.25) is 0 Å². The molecule has 1 unspecified atom stereocenters. The molecule has 3 aromatic rings. The first kappa shape index (κ1) is 23.9. The zero-order valence-corrected chi connectivity index (χ0v) is 21.2. The Morgan fingerprint density at radius 3 is 2.59 bits per heavy atom. The van der Waals surface area contributed by atoms with Crippen LogP contribution in [0, 0.1) is 6.92 Å². The fraction of sp³-hybridized carbons (Fsp3) is 0.355. The van der Waals surface area contributed by atoms with Gasteiger partial charge in [-0.2, -0.15) is 0 Å². The van der Waals surface area contributed by atoms with E-state index in [2.05, 4.69) is 54.3 Å². The Labute approximate surface area is 218 Å². The van der Waals surface area contributed by atoms with E-state index in [0.717, 1.165) is 68.3 Å². The van der Waals surface area contributed by atoms with Crippen molar-refractivity contribution in [3.05, 3.63) is 82.9 Å². The van der Waals surface area contributed by atoms with Crippen molar-refractivity contribution in [1.82, 2.24) is 4.90 Å². The van der Waals surface area contributed by atoms with Gasteiger partial charge in [-0.15, -0.1) is 0 Å². The highest BCUT2D eigenvalue weighted by atomic mass is 16.5. The highest BCUT2D eigenvalue weighted by Crippen LogP contribution is 2.47. The Balaban J connectivity index is 1.16. The summed E-state index contributed by atoms with van der Waals surface area (Å²) in [5.41, 5.74) is 6.86. The van der Waals surface area contributed by atoms with E-state index >= 15 is 0 Å². The summed E-state index contributed by atoms with van der Waals surface area (Å²) in [6.45, 7) is 7.74. The fourth-order valence-corrected chi connectivity index (χ4v) is 5.39. The van der Waals surface area contributed by atoms with E-state index in [1.165, 1.54) is 22.3 Å². The van der Waals surface area contributed by atoms with Gasteiger partial charge in [-0.3, -0.25) is 4.90 Å². The first-order valence-electron chi connectivity index (χ1n) is 13.1. The van der Waals surface area contributed by atoms with Gasteiger partial charge in [0.15, 0.2) is 0 Å². The van der Waals surface area contributed by atoms with Gasteiger partial charge in [-0.1, -0.05) is 24.3 Å². The molecule has 1 atom stereocenters. The minimum Gasteiger partial charge on any atom is -0.508 e. The molecule has 1 saturated heterocycles. The zero-order chi connectivity index (χ0) is 25.2. The third-order valence-corrected chi connectivity index (χ3v) is 7.40. The fourth-order valence-electron chi connectivity index (χ4n) is 5.39. The Morgan fingerprint density at radius 2 is 1.76 bits per heavy atom. The monoisotopic (exact) mass is 499 g/mol. The molecule has 0 radical (unpaired) electrons. The van der Waals surface area contributed by atoms with Crippen molar-refractivity contribution in [2.45, 2.75) is 25.9 Å². The molecule has 0 bridgehead atoms. The first-order chi connectivity index (χ1) is 18.1. The van der Waals surface area contributed by atoms with E-state index in [4.69, 9.17) is 18.9 Å². The molecule has 37 heavy (non-hydrogen) atoms. The number of hydrogen-bond donors (Lipinski definition) is 1. The van der Waals surface area contributed by atoms with E-state index in [1.807, 2.05) is 6.07 Å². The van der Waals surface area contributed by atoms with Crippen molar-refractivity contribution in [2.24, 2.45) is 0 Å². The van der Waals surface area contributed by atoms with Crippen LogP contribution in [-0.2, 0) is 11.2 Å². The molecule has 1 N–H and O–H groups in total. The molecule has 0 saturated carbocycles. The van der Waals surface area contributed by atoms with Gasteiger partial charge in [0.05, 0.1) is 13.2 Å². The van der Waals surface area contributed by atoms with E-state index in [0.29, 0.717) is 19.0 Å². The summed E-state index contributed by atoms with van der Waals surface area (Å²) < 4.78 is 24.1. The van der Waals surface area contributed by atoms with Crippen LogP contribution < -0.4 is 14.2 Å². The van der Waals surface area contributed by atoms with Crippen molar-refractivity contribution >= 4 is 11.1 Å². The quantitative estimate of drug-likeness (QED) is 0.488. The van der Waals surface area contributed by atoms with Crippen LogP contribution in [0.3, 0.4) is 0 Å². The highest BCUT2D eigenvalue weighted by Gasteiger charge is 2.34. The minimum absolute atomic E-state index is 0.0964. The third kappa shape index (κ3) is 5.17. The maximum atomic E-state index is 9.99. The lowest BCUT2D eigenvalue weighted by Crippen LogP contribution is -2.38. The molecule has 3 aliphatic heterocycles. The molecule has 192 valence electrons. The Kier molecular flexibility index (Phi) is 6.77. The van der Waals surface area contributed by atoms with Gasteiger partial charge in [0.2, 0.25) is 0 Å². The summed E-state index contributed by atoms with van der Waals surface area (Å²) >= 11 is 0. The topological polar surface area (TPSA) is 60.4 Å². The second-order valence-electron chi connectivity index (χ2n) is 9.95. The van der Waals surface area contributed by atoms with Gasteiger partial charge in [0.25, 0.3) is 0 Å². The van der Waals surface area contributed by atoms with Gasteiger partial charge in [0.1, 0.15) is 42.3 Å². The third-order valence-electron chi connectivity index (χ3n) is 7.40. The molecular weight excluding hydrogens is 466 g/mol. The lowest BCUT2D eigenvalue weighted by atomic mass is 9.84.